The van der Waals surface area contributed by atoms with Gasteiger partial charge in [-0.3, -0.25) is 14.7 Å². The average Bonchev–Trinajstić information content (AvgIpc) is 3.21. The van der Waals surface area contributed by atoms with Crippen molar-refractivity contribution < 1.29 is 9.59 Å². The van der Waals surface area contributed by atoms with Crippen LogP contribution in [0.25, 0.3) is 0 Å². The van der Waals surface area contributed by atoms with Gasteiger partial charge in [0.1, 0.15) is 6.04 Å². The van der Waals surface area contributed by atoms with E-state index in [0.29, 0.717) is 24.6 Å². The smallest absolute Gasteiger partial charge is 0.277 e. The number of H-pyrrole nitrogens is 1. The number of piperidine rings is 1. The molecule has 7 heteroatoms. The Balaban J connectivity index is 1.85. The van der Waals surface area contributed by atoms with Gasteiger partial charge < -0.3 is 16.4 Å². The number of nitrogens with two attached hydrogens (primary N) is 2. The Bertz CT molecular complexity index is 549. The summed E-state index contributed by atoms with van der Waals surface area (Å²) in [6.07, 6.45) is 4.54. The molecule has 2 amide bonds. The number of hydrogen-bond acceptors (Lipinski definition) is 4. The molecule has 1 aromatic rings. The summed E-state index contributed by atoms with van der Waals surface area (Å²) < 4.78 is 0. The summed E-state index contributed by atoms with van der Waals surface area (Å²) in [4.78, 5) is 25.5. The number of likely N-dealkylation sites (tertiary alicyclic amines) is 1. The SMILES string of the molecule is NC(=O)C1CCCCN1C(=O)c1n[nH]c(C2CC2)c1N. The third-order valence-corrected chi connectivity index (χ3v) is 4.11. The normalized spacial score (nSPS) is 22.8. The van der Waals surface area contributed by atoms with Crippen LogP contribution >= 0.6 is 0 Å². The van der Waals surface area contributed by atoms with Crippen molar-refractivity contribution in [3.63, 3.8) is 0 Å². The van der Waals surface area contributed by atoms with Crippen molar-refractivity contribution in [2.24, 2.45) is 5.73 Å². The number of nitrogens with one attached hydrogen (secondary N) is 1. The fourth-order valence-corrected chi connectivity index (χ4v) is 2.82. The van der Waals surface area contributed by atoms with Crippen LogP contribution in [-0.2, 0) is 4.79 Å². The predicted molar refractivity (Wildman–Crippen MR) is 72.8 cm³/mol. The van der Waals surface area contributed by atoms with Crippen molar-refractivity contribution in [2.45, 2.75) is 44.1 Å². The standard InChI is InChI=1S/C13H19N5O2/c14-9-10(7-4-5-7)16-17-11(9)13(20)18-6-2-1-3-8(18)12(15)19/h7-8H,1-6,14H2,(H2,15,19)(H,16,17). The quantitative estimate of drug-likeness (QED) is 0.738. The van der Waals surface area contributed by atoms with E-state index < -0.39 is 11.9 Å². The van der Waals surface area contributed by atoms with Crippen molar-refractivity contribution in [1.29, 1.82) is 0 Å². The fraction of sp³-hybridized carbons (Fsp3) is 0.615. The third kappa shape index (κ3) is 2.13. The van der Waals surface area contributed by atoms with E-state index in [2.05, 4.69) is 10.2 Å². The average molecular weight is 277 g/mol. The predicted octanol–water partition coefficient (Wildman–Crippen LogP) is 0.349. The monoisotopic (exact) mass is 277 g/mol. The molecule has 2 fully saturated rings. The third-order valence-electron chi connectivity index (χ3n) is 4.11. The van der Waals surface area contributed by atoms with E-state index in [0.717, 1.165) is 31.4 Å². The first kappa shape index (κ1) is 13.0. The summed E-state index contributed by atoms with van der Waals surface area (Å²) >= 11 is 0. The Kier molecular flexibility index (Phi) is 3.11. The van der Waals surface area contributed by atoms with E-state index in [1.54, 1.807) is 0 Å². The van der Waals surface area contributed by atoms with Crippen molar-refractivity contribution in [3.8, 4) is 0 Å². The second-order valence-corrected chi connectivity index (χ2v) is 5.59. The molecular formula is C13H19N5O2. The molecule has 1 aromatic heterocycles. The minimum atomic E-state index is -0.545. The minimum Gasteiger partial charge on any atom is -0.395 e. The van der Waals surface area contributed by atoms with E-state index in [-0.39, 0.29) is 11.6 Å². The van der Waals surface area contributed by atoms with Gasteiger partial charge in [0.05, 0.1) is 11.4 Å². The minimum absolute atomic E-state index is 0.222. The van der Waals surface area contributed by atoms with Crippen LogP contribution < -0.4 is 11.5 Å². The van der Waals surface area contributed by atoms with Crippen LogP contribution in [0.15, 0.2) is 0 Å². The Labute approximate surface area is 116 Å². The molecule has 1 atom stereocenters. The highest BCUT2D eigenvalue weighted by atomic mass is 16.2. The van der Waals surface area contributed by atoms with Gasteiger partial charge >= 0.3 is 0 Å². The molecule has 108 valence electrons. The van der Waals surface area contributed by atoms with E-state index in [1.807, 2.05) is 0 Å². The maximum absolute atomic E-state index is 12.5. The number of carbonyl (C=O) groups is 2. The van der Waals surface area contributed by atoms with Crippen LogP contribution in [0.2, 0.25) is 0 Å². The van der Waals surface area contributed by atoms with E-state index in [4.69, 9.17) is 11.5 Å². The molecule has 1 saturated heterocycles. The Morgan fingerprint density at radius 3 is 2.65 bits per heavy atom. The lowest BCUT2D eigenvalue weighted by Gasteiger charge is -2.33. The van der Waals surface area contributed by atoms with Gasteiger partial charge in [0.2, 0.25) is 5.91 Å². The molecule has 0 radical (unpaired) electrons. The number of primary amides is 1. The number of anilines is 1. The van der Waals surface area contributed by atoms with Crippen molar-refractivity contribution >= 4 is 17.5 Å². The second kappa shape index (κ2) is 4.81. The zero-order valence-corrected chi connectivity index (χ0v) is 11.3. The molecule has 1 aliphatic carbocycles. The lowest BCUT2D eigenvalue weighted by Crippen LogP contribution is -2.50. The molecular weight excluding hydrogens is 258 g/mol. The highest BCUT2D eigenvalue weighted by Crippen LogP contribution is 2.42. The van der Waals surface area contributed by atoms with Gasteiger partial charge in [-0.05, 0) is 32.1 Å². The molecule has 0 aromatic carbocycles. The van der Waals surface area contributed by atoms with Gasteiger partial charge in [-0.2, -0.15) is 5.10 Å². The summed E-state index contributed by atoms with van der Waals surface area (Å²) in [5.41, 5.74) is 12.9. The molecule has 7 nitrogen and oxygen atoms in total. The first-order valence-corrected chi connectivity index (χ1v) is 7.03. The van der Waals surface area contributed by atoms with Gasteiger partial charge in [-0.15, -0.1) is 0 Å². The highest BCUT2D eigenvalue weighted by molar-refractivity contribution is 6.00. The molecule has 5 N–H and O–H groups in total. The number of aromatic nitrogens is 2. The van der Waals surface area contributed by atoms with Gasteiger partial charge in [0, 0.05) is 12.5 Å². The van der Waals surface area contributed by atoms with E-state index >= 15 is 0 Å². The van der Waals surface area contributed by atoms with Gasteiger partial charge in [0.25, 0.3) is 5.91 Å². The number of hydrogen-bond donors (Lipinski definition) is 3. The van der Waals surface area contributed by atoms with E-state index in [9.17, 15) is 9.59 Å². The maximum Gasteiger partial charge on any atom is 0.277 e. The fourth-order valence-electron chi connectivity index (χ4n) is 2.82. The number of aromatic amines is 1. The van der Waals surface area contributed by atoms with Crippen LogP contribution in [0.3, 0.4) is 0 Å². The number of nitrogen functional groups attached to an aromatic ring is 1. The summed E-state index contributed by atoms with van der Waals surface area (Å²) in [6, 6.07) is -0.545. The van der Waals surface area contributed by atoms with Crippen LogP contribution in [0, 0.1) is 0 Å². The van der Waals surface area contributed by atoms with Crippen molar-refractivity contribution in [1.82, 2.24) is 15.1 Å². The summed E-state index contributed by atoms with van der Waals surface area (Å²) in [6.45, 7) is 0.525. The number of rotatable bonds is 3. The summed E-state index contributed by atoms with van der Waals surface area (Å²) in [7, 11) is 0. The van der Waals surface area contributed by atoms with Crippen LogP contribution in [0.1, 0.15) is 54.2 Å². The zero-order valence-electron chi connectivity index (χ0n) is 11.3. The maximum atomic E-state index is 12.5. The molecule has 1 saturated carbocycles. The zero-order chi connectivity index (χ0) is 14.3. The molecule has 1 aliphatic heterocycles. The number of nitrogens with zero attached hydrogens (tertiary/aromatic N) is 2. The highest BCUT2D eigenvalue weighted by Gasteiger charge is 2.35. The lowest BCUT2D eigenvalue weighted by atomic mass is 10.0. The summed E-state index contributed by atoms with van der Waals surface area (Å²) in [5, 5.41) is 6.91. The Morgan fingerprint density at radius 1 is 1.25 bits per heavy atom. The van der Waals surface area contributed by atoms with Crippen LogP contribution in [0.4, 0.5) is 5.69 Å². The Hall–Kier alpha value is -2.05. The Morgan fingerprint density at radius 2 is 2.00 bits per heavy atom. The molecule has 3 rings (SSSR count). The topological polar surface area (TPSA) is 118 Å². The first-order valence-electron chi connectivity index (χ1n) is 7.03. The molecule has 0 bridgehead atoms. The second-order valence-electron chi connectivity index (χ2n) is 5.59. The molecule has 1 unspecified atom stereocenters. The molecule has 0 spiro atoms. The lowest BCUT2D eigenvalue weighted by molar-refractivity contribution is -0.123. The van der Waals surface area contributed by atoms with Crippen LogP contribution in [-0.4, -0.2) is 39.5 Å². The van der Waals surface area contributed by atoms with Crippen LogP contribution in [0.5, 0.6) is 0 Å². The van der Waals surface area contributed by atoms with Crippen molar-refractivity contribution in [2.75, 3.05) is 12.3 Å². The van der Waals surface area contributed by atoms with Gasteiger partial charge in [-0.1, -0.05) is 0 Å². The molecule has 2 heterocycles. The van der Waals surface area contributed by atoms with Gasteiger partial charge in [0.15, 0.2) is 5.69 Å². The first-order chi connectivity index (χ1) is 9.59. The number of amides is 2. The number of carbonyl (C=O) groups excluding carboxylic acids is 2. The molecule has 20 heavy (non-hydrogen) atoms. The molecule has 2 aliphatic rings. The van der Waals surface area contributed by atoms with Crippen molar-refractivity contribution in [3.05, 3.63) is 11.4 Å². The largest absolute Gasteiger partial charge is 0.395 e. The summed E-state index contributed by atoms with van der Waals surface area (Å²) in [5.74, 6) is -0.360. The van der Waals surface area contributed by atoms with Gasteiger partial charge in [-0.25, -0.2) is 0 Å². The van der Waals surface area contributed by atoms with E-state index in [1.165, 1.54) is 4.90 Å².